The smallest absolute Gasteiger partial charge is 0.166 e. The predicted octanol–water partition coefficient (Wildman–Crippen LogP) is 4.06. The van der Waals surface area contributed by atoms with Crippen molar-refractivity contribution in [2.75, 3.05) is 6.54 Å². The highest BCUT2D eigenvalue weighted by Gasteiger charge is 2.05. The molecule has 0 aliphatic rings. The molecule has 0 fully saturated rings. The van der Waals surface area contributed by atoms with Gasteiger partial charge in [-0.2, -0.15) is 0 Å². The molecule has 0 aliphatic carbocycles. The molecule has 1 aromatic carbocycles. The number of rotatable bonds is 7. The number of nitrogens with one attached hydrogen (secondary N) is 1. The molecule has 0 amide bonds. The van der Waals surface area contributed by atoms with Crippen molar-refractivity contribution >= 4 is 15.9 Å². The van der Waals surface area contributed by atoms with Gasteiger partial charge >= 0.3 is 0 Å². The van der Waals surface area contributed by atoms with Crippen LogP contribution in [0.2, 0.25) is 0 Å². The highest BCUT2D eigenvalue weighted by molar-refractivity contribution is 9.10. The first-order valence-corrected chi connectivity index (χ1v) is 7.70. The summed E-state index contributed by atoms with van der Waals surface area (Å²) in [6, 6.07) is 8.63. The summed E-state index contributed by atoms with van der Waals surface area (Å²) in [6.07, 6.45) is 2.93. The van der Waals surface area contributed by atoms with Gasteiger partial charge in [0.15, 0.2) is 11.6 Å². The maximum atomic E-state index is 13.6. The fourth-order valence-electron chi connectivity index (χ4n) is 1.80. The number of hydrogen-bond acceptors (Lipinski definition) is 3. The minimum atomic E-state index is -0.384. The zero-order valence-electron chi connectivity index (χ0n) is 11.9. The fourth-order valence-corrected chi connectivity index (χ4v) is 2.13. The molecule has 0 aliphatic heterocycles. The number of pyridine rings is 1. The molecule has 0 atom stereocenters. The van der Waals surface area contributed by atoms with Crippen molar-refractivity contribution in [3.63, 3.8) is 0 Å². The van der Waals surface area contributed by atoms with Crippen molar-refractivity contribution in [3.05, 3.63) is 58.1 Å². The lowest BCUT2D eigenvalue weighted by Gasteiger charge is -2.08. The van der Waals surface area contributed by atoms with E-state index < -0.39 is 0 Å². The van der Waals surface area contributed by atoms with Gasteiger partial charge in [-0.25, -0.2) is 4.39 Å². The van der Waals surface area contributed by atoms with Gasteiger partial charge in [-0.05, 0) is 42.8 Å². The summed E-state index contributed by atoms with van der Waals surface area (Å²) in [5.74, 6) is -0.154. The number of nitrogens with zero attached hydrogens (tertiary/aromatic N) is 1. The van der Waals surface area contributed by atoms with E-state index in [1.807, 2.05) is 18.3 Å². The van der Waals surface area contributed by atoms with Gasteiger partial charge in [0, 0.05) is 17.2 Å². The third-order valence-corrected chi connectivity index (χ3v) is 3.40. The van der Waals surface area contributed by atoms with Crippen molar-refractivity contribution in [1.82, 2.24) is 10.3 Å². The van der Waals surface area contributed by atoms with E-state index in [0.717, 1.165) is 30.8 Å². The second-order valence-corrected chi connectivity index (χ2v) is 5.61. The third kappa shape index (κ3) is 5.10. The molecule has 112 valence electrons. The Balaban J connectivity index is 1.88. The van der Waals surface area contributed by atoms with Gasteiger partial charge in [-0.15, -0.1) is 0 Å². The van der Waals surface area contributed by atoms with Gasteiger partial charge in [0.05, 0.1) is 5.69 Å². The minimum absolute atomic E-state index is 0.230. The van der Waals surface area contributed by atoms with Gasteiger partial charge in [-0.3, -0.25) is 4.98 Å². The first kappa shape index (κ1) is 15.9. The highest BCUT2D eigenvalue weighted by atomic mass is 79.9. The highest BCUT2D eigenvalue weighted by Crippen LogP contribution is 2.22. The summed E-state index contributed by atoms with van der Waals surface area (Å²) >= 11 is 3.21. The van der Waals surface area contributed by atoms with E-state index in [1.54, 1.807) is 12.1 Å². The number of hydrogen-bond donors (Lipinski definition) is 1. The molecule has 1 N–H and O–H groups in total. The van der Waals surface area contributed by atoms with Crippen LogP contribution in [-0.2, 0) is 13.2 Å². The Labute approximate surface area is 132 Å². The van der Waals surface area contributed by atoms with Gasteiger partial charge < -0.3 is 10.1 Å². The van der Waals surface area contributed by atoms with E-state index in [2.05, 4.69) is 33.2 Å². The summed E-state index contributed by atoms with van der Waals surface area (Å²) in [6.45, 7) is 4.19. The molecule has 0 saturated carbocycles. The monoisotopic (exact) mass is 352 g/mol. The predicted molar refractivity (Wildman–Crippen MR) is 84.7 cm³/mol. The Bertz CT molecular complexity index is 575. The van der Waals surface area contributed by atoms with Crippen LogP contribution in [0.4, 0.5) is 4.39 Å². The van der Waals surface area contributed by atoms with Gasteiger partial charge in [0.25, 0.3) is 0 Å². The van der Waals surface area contributed by atoms with Crippen LogP contribution < -0.4 is 10.1 Å². The van der Waals surface area contributed by atoms with Gasteiger partial charge in [0.1, 0.15) is 6.61 Å². The molecule has 3 nitrogen and oxygen atoms in total. The summed E-state index contributed by atoms with van der Waals surface area (Å²) in [4.78, 5) is 4.32. The largest absolute Gasteiger partial charge is 0.484 e. The summed E-state index contributed by atoms with van der Waals surface area (Å²) < 4.78 is 19.7. The van der Waals surface area contributed by atoms with Crippen molar-refractivity contribution in [3.8, 4) is 5.75 Å². The van der Waals surface area contributed by atoms with Crippen LogP contribution in [0.3, 0.4) is 0 Å². The van der Waals surface area contributed by atoms with Crippen LogP contribution >= 0.6 is 15.9 Å². The Morgan fingerprint density at radius 1 is 1.29 bits per heavy atom. The molecule has 0 bridgehead atoms. The molecular weight excluding hydrogens is 335 g/mol. The average molecular weight is 353 g/mol. The molecule has 2 rings (SSSR count). The first-order valence-electron chi connectivity index (χ1n) is 6.91. The Morgan fingerprint density at radius 2 is 2.14 bits per heavy atom. The lowest BCUT2D eigenvalue weighted by molar-refractivity contribution is 0.286. The summed E-state index contributed by atoms with van der Waals surface area (Å²) in [5, 5.41) is 3.32. The quantitative estimate of drug-likeness (QED) is 0.763. The molecule has 0 radical (unpaired) electrons. The molecule has 5 heteroatoms. The maximum absolute atomic E-state index is 13.6. The summed E-state index contributed by atoms with van der Waals surface area (Å²) in [7, 11) is 0. The molecule has 0 spiro atoms. The molecule has 1 heterocycles. The third-order valence-electron chi connectivity index (χ3n) is 2.91. The van der Waals surface area contributed by atoms with Crippen LogP contribution in [-0.4, -0.2) is 11.5 Å². The summed E-state index contributed by atoms with van der Waals surface area (Å²) in [5.41, 5.74) is 1.90. The van der Waals surface area contributed by atoms with Crippen LogP contribution in [0.5, 0.6) is 5.75 Å². The van der Waals surface area contributed by atoms with E-state index in [-0.39, 0.29) is 18.2 Å². The molecular formula is C16H18BrFN2O. The second-order valence-electron chi connectivity index (χ2n) is 4.70. The lowest BCUT2D eigenvalue weighted by atomic mass is 10.2. The van der Waals surface area contributed by atoms with E-state index >= 15 is 0 Å². The van der Waals surface area contributed by atoms with Crippen molar-refractivity contribution < 1.29 is 9.13 Å². The first-order chi connectivity index (χ1) is 10.2. The van der Waals surface area contributed by atoms with Crippen LogP contribution in [0.25, 0.3) is 0 Å². The van der Waals surface area contributed by atoms with Crippen molar-refractivity contribution in [1.29, 1.82) is 0 Å². The van der Waals surface area contributed by atoms with Gasteiger partial charge in [0.2, 0.25) is 0 Å². The fraction of sp³-hybridized carbons (Fsp3) is 0.312. The van der Waals surface area contributed by atoms with Crippen LogP contribution in [0, 0.1) is 5.82 Å². The second kappa shape index (κ2) is 8.10. The average Bonchev–Trinajstić information content (AvgIpc) is 2.48. The molecule has 2 aromatic rings. The van der Waals surface area contributed by atoms with Crippen LogP contribution in [0.1, 0.15) is 24.6 Å². The number of halogens is 2. The van der Waals surface area contributed by atoms with E-state index in [0.29, 0.717) is 4.47 Å². The maximum Gasteiger partial charge on any atom is 0.166 e. The van der Waals surface area contributed by atoms with E-state index in [9.17, 15) is 4.39 Å². The Morgan fingerprint density at radius 3 is 2.81 bits per heavy atom. The van der Waals surface area contributed by atoms with Gasteiger partial charge in [-0.1, -0.05) is 28.9 Å². The Hall–Kier alpha value is -1.46. The van der Waals surface area contributed by atoms with Crippen molar-refractivity contribution in [2.45, 2.75) is 26.5 Å². The zero-order valence-corrected chi connectivity index (χ0v) is 13.5. The molecule has 0 unspecified atom stereocenters. The Kier molecular flexibility index (Phi) is 6.14. The number of aromatic nitrogens is 1. The van der Waals surface area contributed by atoms with E-state index in [1.165, 1.54) is 6.07 Å². The number of ether oxygens (including phenoxy) is 1. The normalized spacial score (nSPS) is 10.6. The topological polar surface area (TPSA) is 34.1 Å². The van der Waals surface area contributed by atoms with Crippen molar-refractivity contribution in [2.24, 2.45) is 0 Å². The van der Waals surface area contributed by atoms with E-state index in [4.69, 9.17) is 4.74 Å². The number of benzene rings is 1. The SMILES string of the molecule is CCCNCc1ccc(COc2ccc(Br)cc2F)nc1. The zero-order chi connectivity index (χ0) is 15.1. The minimum Gasteiger partial charge on any atom is -0.484 e. The molecule has 0 saturated heterocycles. The van der Waals surface area contributed by atoms with Crippen LogP contribution in [0.15, 0.2) is 41.0 Å². The standard InChI is InChI=1S/C16H18BrFN2O/c1-2-7-19-9-12-3-5-14(20-10-12)11-21-16-6-4-13(17)8-15(16)18/h3-6,8,10,19H,2,7,9,11H2,1H3. The lowest BCUT2D eigenvalue weighted by Crippen LogP contribution is -2.14. The molecule has 1 aromatic heterocycles. The molecule has 21 heavy (non-hydrogen) atoms.